The van der Waals surface area contributed by atoms with E-state index in [4.69, 9.17) is 12.2 Å². The fraction of sp³-hybridized carbons (Fsp3) is 0.929. The van der Waals surface area contributed by atoms with E-state index in [-0.39, 0.29) is 0 Å². The summed E-state index contributed by atoms with van der Waals surface area (Å²) in [5.41, 5.74) is 0. The first kappa shape index (κ1) is 14.7. The molecule has 0 aromatic rings. The SMILES string of the molecule is CCC1CCCC(C)C1NC(=S)NCC(C)C. The van der Waals surface area contributed by atoms with Crippen molar-refractivity contribution in [1.29, 1.82) is 0 Å². The van der Waals surface area contributed by atoms with Crippen molar-refractivity contribution in [3.63, 3.8) is 0 Å². The molecule has 3 atom stereocenters. The van der Waals surface area contributed by atoms with E-state index in [1.165, 1.54) is 25.7 Å². The number of hydrogen-bond donors (Lipinski definition) is 2. The molecule has 1 saturated carbocycles. The van der Waals surface area contributed by atoms with Crippen molar-refractivity contribution in [3.8, 4) is 0 Å². The molecule has 1 aliphatic rings. The predicted octanol–water partition coefficient (Wildman–Crippen LogP) is 3.32. The van der Waals surface area contributed by atoms with Gasteiger partial charge in [0.05, 0.1) is 0 Å². The summed E-state index contributed by atoms with van der Waals surface area (Å²) < 4.78 is 0. The molecule has 0 aromatic heterocycles. The van der Waals surface area contributed by atoms with E-state index < -0.39 is 0 Å². The molecule has 0 amide bonds. The topological polar surface area (TPSA) is 24.1 Å². The summed E-state index contributed by atoms with van der Waals surface area (Å²) in [6, 6.07) is 0.570. The van der Waals surface area contributed by atoms with Gasteiger partial charge >= 0.3 is 0 Å². The van der Waals surface area contributed by atoms with Crippen LogP contribution < -0.4 is 10.6 Å². The zero-order chi connectivity index (χ0) is 12.8. The van der Waals surface area contributed by atoms with Crippen molar-refractivity contribution in [2.75, 3.05) is 6.54 Å². The molecular formula is C14H28N2S. The van der Waals surface area contributed by atoms with Crippen LogP contribution in [0.4, 0.5) is 0 Å². The van der Waals surface area contributed by atoms with E-state index >= 15 is 0 Å². The lowest BCUT2D eigenvalue weighted by Gasteiger charge is -2.37. The zero-order valence-corrected chi connectivity index (χ0v) is 12.6. The second-order valence-electron chi connectivity index (χ2n) is 5.85. The number of hydrogen-bond acceptors (Lipinski definition) is 1. The highest BCUT2D eigenvalue weighted by Crippen LogP contribution is 2.31. The Labute approximate surface area is 112 Å². The van der Waals surface area contributed by atoms with Gasteiger partial charge in [-0.3, -0.25) is 0 Å². The Morgan fingerprint density at radius 2 is 2.06 bits per heavy atom. The Morgan fingerprint density at radius 3 is 2.65 bits per heavy atom. The van der Waals surface area contributed by atoms with Gasteiger partial charge in [-0.15, -0.1) is 0 Å². The van der Waals surface area contributed by atoms with E-state index in [0.29, 0.717) is 12.0 Å². The molecule has 1 fully saturated rings. The Morgan fingerprint density at radius 1 is 1.35 bits per heavy atom. The van der Waals surface area contributed by atoms with Crippen LogP contribution in [0.15, 0.2) is 0 Å². The van der Waals surface area contributed by atoms with Gasteiger partial charge in [-0.2, -0.15) is 0 Å². The third-order valence-corrected chi connectivity index (χ3v) is 4.11. The Balaban J connectivity index is 2.43. The first-order chi connectivity index (χ1) is 8.04. The van der Waals surface area contributed by atoms with Crippen LogP contribution in [0.1, 0.15) is 53.4 Å². The standard InChI is InChI=1S/C14H28N2S/c1-5-12-8-6-7-11(4)13(12)16-14(17)15-9-10(2)3/h10-13H,5-9H2,1-4H3,(H2,15,16,17). The van der Waals surface area contributed by atoms with Crippen molar-refractivity contribution in [3.05, 3.63) is 0 Å². The van der Waals surface area contributed by atoms with E-state index in [9.17, 15) is 0 Å². The quantitative estimate of drug-likeness (QED) is 0.755. The Bertz CT molecular complexity index is 240. The Kier molecular flexibility index (Phi) is 6.24. The number of rotatable bonds is 4. The fourth-order valence-electron chi connectivity index (χ4n) is 2.74. The maximum Gasteiger partial charge on any atom is 0.166 e. The largest absolute Gasteiger partial charge is 0.362 e. The summed E-state index contributed by atoms with van der Waals surface area (Å²) in [5.74, 6) is 2.17. The lowest BCUT2D eigenvalue weighted by atomic mass is 9.76. The molecule has 0 spiro atoms. The van der Waals surface area contributed by atoms with Crippen LogP contribution in [0.3, 0.4) is 0 Å². The molecule has 0 heterocycles. The summed E-state index contributed by atoms with van der Waals surface area (Å²) in [6.45, 7) is 10.0. The van der Waals surface area contributed by atoms with Crippen molar-refractivity contribution in [1.82, 2.24) is 10.6 Å². The monoisotopic (exact) mass is 256 g/mol. The summed E-state index contributed by atoms with van der Waals surface area (Å²) in [5, 5.41) is 7.70. The second-order valence-corrected chi connectivity index (χ2v) is 6.26. The molecule has 0 aliphatic heterocycles. The molecule has 0 saturated heterocycles. The smallest absolute Gasteiger partial charge is 0.166 e. The van der Waals surface area contributed by atoms with Gasteiger partial charge in [-0.05, 0) is 42.8 Å². The molecule has 17 heavy (non-hydrogen) atoms. The van der Waals surface area contributed by atoms with E-state index in [2.05, 4.69) is 38.3 Å². The molecule has 0 bridgehead atoms. The molecule has 3 unspecified atom stereocenters. The number of nitrogens with one attached hydrogen (secondary N) is 2. The third-order valence-electron chi connectivity index (χ3n) is 3.85. The first-order valence-corrected chi connectivity index (χ1v) is 7.49. The van der Waals surface area contributed by atoms with E-state index in [1.807, 2.05) is 0 Å². The van der Waals surface area contributed by atoms with Gasteiger partial charge in [0.2, 0.25) is 0 Å². The van der Waals surface area contributed by atoms with Crippen molar-refractivity contribution < 1.29 is 0 Å². The highest BCUT2D eigenvalue weighted by molar-refractivity contribution is 7.80. The highest BCUT2D eigenvalue weighted by Gasteiger charge is 2.29. The van der Waals surface area contributed by atoms with Crippen molar-refractivity contribution in [2.24, 2.45) is 17.8 Å². The lowest BCUT2D eigenvalue weighted by Crippen LogP contribution is -2.50. The summed E-state index contributed by atoms with van der Waals surface area (Å²) in [4.78, 5) is 0. The molecule has 0 aromatic carbocycles. The molecule has 0 radical (unpaired) electrons. The average Bonchev–Trinajstić information content (AvgIpc) is 2.29. The van der Waals surface area contributed by atoms with Gasteiger partial charge in [0.25, 0.3) is 0 Å². The molecule has 3 heteroatoms. The third kappa shape index (κ3) is 4.82. The van der Waals surface area contributed by atoms with Crippen LogP contribution in [-0.4, -0.2) is 17.7 Å². The van der Waals surface area contributed by atoms with Gasteiger partial charge in [0.15, 0.2) is 5.11 Å². The minimum atomic E-state index is 0.570. The van der Waals surface area contributed by atoms with E-state index in [1.54, 1.807) is 0 Å². The van der Waals surface area contributed by atoms with Crippen LogP contribution in [0.2, 0.25) is 0 Å². The highest BCUT2D eigenvalue weighted by atomic mass is 32.1. The van der Waals surface area contributed by atoms with Crippen LogP contribution in [0.25, 0.3) is 0 Å². The maximum absolute atomic E-state index is 5.38. The zero-order valence-electron chi connectivity index (χ0n) is 11.8. The maximum atomic E-state index is 5.38. The molecule has 1 aliphatic carbocycles. The Hall–Kier alpha value is -0.310. The van der Waals surface area contributed by atoms with Crippen LogP contribution >= 0.6 is 12.2 Å². The normalized spacial score (nSPS) is 29.1. The first-order valence-electron chi connectivity index (χ1n) is 7.09. The van der Waals surface area contributed by atoms with Gasteiger partial charge in [-0.1, -0.05) is 40.5 Å². The minimum absolute atomic E-state index is 0.570. The number of thiocarbonyl (C=S) groups is 1. The predicted molar refractivity (Wildman–Crippen MR) is 79.2 cm³/mol. The van der Waals surface area contributed by atoms with Crippen LogP contribution in [0, 0.1) is 17.8 Å². The molecule has 2 N–H and O–H groups in total. The van der Waals surface area contributed by atoms with Crippen molar-refractivity contribution >= 4 is 17.3 Å². The van der Waals surface area contributed by atoms with Crippen LogP contribution in [0.5, 0.6) is 0 Å². The van der Waals surface area contributed by atoms with Gasteiger partial charge in [0.1, 0.15) is 0 Å². The second kappa shape index (κ2) is 7.20. The van der Waals surface area contributed by atoms with Crippen LogP contribution in [-0.2, 0) is 0 Å². The average molecular weight is 256 g/mol. The lowest BCUT2D eigenvalue weighted by molar-refractivity contribution is 0.210. The minimum Gasteiger partial charge on any atom is -0.362 e. The van der Waals surface area contributed by atoms with E-state index in [0.717, 1.165) is 23.5 Å². The summed E-state index contributed by atoms with van der Waals surface area (Å²) in [6.07, 6.45) is 5.32. The molecular weight excluding hydrogens is 228 g/mol. The molecule has 2 nitrogen and oxygen atoms in total. The summed E-state index contributed by atoms with van der Waals surface area (Å²) >= 11 is 5.38. The molecule has 100 valence electrons. The van der Waals surface area contributed by atoms with Crippen molar-refractivity contribution in [2.45, 2.75) is 59.4 Å². The van der Waals surface area contributed by atoms with Gasteiger partial charge in [0, 0.05) is 12.6 Å². The molecule has 1 rings (SSSR count). The fourth-order valence-corrected chi connectivity index (χ4v) is 2.96. The summed E-state index contributed by atoms with van der Waals surface area (Å²) in [7, 11) is 0. The van der Waals surface area contributed by atoms with Gasteiger partial charge < -0.3 is 10.6 Å². The van der Waals surface area contributed by atoms with Gasteiger partial charge in [-0.25, -0.2) is 0 Å².